The Balaban J connectivity index is 1.35. The molecular weight excluding hydrogens is 672 g/mol. The molecule has 0 spiro atoms. The largest absolute Gasteiger partial charge is 0.488 e. The molecule has 0 saturated heterocycles. The number of halogens is 1. The van der Waals surface area contributed by atoms with E-state index in [2.05, 4.69) is 22.0 Å². The molecule has 7 rings (SSSR count). The second-order valence-electron chi connectivity index (χ2n) is 10.9. The number of rotatable bonds is 7. The summed E-state index contributed by atoms with van der Waals surface area (Å²) in [7, 11) is 0. The second-order valence-corrected chi connectivity index (χ2v) is 12.8. The maximum atomic E-state index is 14.2. The van der Waals surface area contributed by atoms with Crippen LogP contribution in [0.1, 0.15) is 40.3 Å². The highest BCUT2D eigenvalue weighted by Crippen LogP contribution is 2.41. The Bertz CT molecular complexity index is 2280. The Labute approximate surface area is 273 Å². The Morgan fingerprint density at radius 3 is 2.50 bits per heavy atom. The van der Waals surface area contributed by atoms with E-state index in [1.54, 1.807) is 34.9 Å². The normalized spacial score (nSPS) is 15.4. The fourth-order valence-electron chi connectivity index (χ4n) is 5.91. The third-order valence-electron chi connectivity index (χ3n) is 8.07. The molecule has 46 heavy (non-hydrogen) atoms. The summed E-state index contributed by atoms with van der Waals surface area (Å²) >= 11 is 4.77. The van der Waals surface area contributed by atoms with Crippen LogP contribution in [0.15, 0.2) is 111 Å². The maximum Gasteiger partial charge on any atom is 0.271 e. The highest BCUT2D eigenvalue weighted by Gasteiger charge is 2.33. The van der Waals surface area contributed by atoms with Crippen molar-refractivity contribution in [1.29, 1.82) is 0 Å². The van der Waals surface area contributed by atoms with E-state index < -0.39 is 15.9 Å². The molecule has 0 saturated carbocycles. The summed E-state index contributed by atoms with van der Waals surface area (Å²) in [5.74, 6) is 0.524. The van der Waals surface area contributed by atoms with Crippen LogP contribution in [-0.4, -0.2) is 14.4 Å². The number of nitro benzene ring substituents is 2. The SMILES string of the molecule is O=c1/c(=C\c2cc(Br)ccc2OCc2ccc([N+](=O)[O-])cc2)sc2n1[C@@H](c1cccc([N+](=O)[O-])c1)C1=C(N=2)c2ccccc2CC1. The van der Waals surface area contributed by atoms with E-state index in [1.165, 1.54) is 41.2 Å². The Morgan fingerprint density at radius 2 is 1.72 bits per heavy atom. The van der Waals surface area contributed by atoms with Gasteiger partial charge in [0.05, 0.1) is 26.1 Å². The lowest BCUT2D eigenvalue weighted by Crippen LogP contribution is -2.38. The van der Waals surface area contributed by atoms with Crippen LogP contribution in [0.4, 0.5) is 11.4 Å². The van der Waals surface area contributed by atoms with Crippen LogP contribution >= 0.6 is 27.3 Å². The number of ether oxygens (including phenoxy) is 1. The zero-order valence-electron chi connectivity index (χ0n) is 24.0. The zero-order valence-corrected chi connectivity index (χ0v) is 26.4. The van der Waals surface area contributed by atoms with Crippen molar-refractivity contribution < 1.29 is 14.6 Å². The van der Waals surface area contributed by atoms with Crippen LogP contribution < -0.4 is 19.6 Å². The van der Waals surface area contributed by atoms with Gasteiger partial charge >= 0.3 is 0 Å². The number of thiazole rings is 1. The van der Waals surface area contributed by atoms with E-state index in [0.717, 1.165) is 33.3 Å². The molecule has 2 heterocycles. The first-order valence-corrected chi connectivity index (χ1v) is 15.9. The molecule has 0 fully saturated rings. The minimum atomic E-state index is -0.554. The molecule has 12 heteroatoms. The molecule has 4 aromatic carbocycles. The summed E-state index contributed by atoms with van der Waals surface area (Å²) in [6.07, 6.45) is 3.20. The summed E-state index contributed by atoms with van der Waals surface area (Å²) in [5, 5.41) is 22.7. The number of benzene rings is 4. The minimum Gasteiger partial charge on any atom is -0.488 e. The quantitative estimate of drug-likeness (QED) is 0.142. The molecular formula is C34H23BrN4O6S. The van der Waals surface area contributed by atoms with Crippen molar-refractivity contribution in [2.75, 3.05) is 0 Å². The highest BCUT2D eigenvalue weighted by molar-refractivity contribution is 9.10. The van der Waals surface area contributed by atoms with Gasteiger partial charge in [0, 0.05) is 39.9 Å². The first-order chi connectivity index (χ1) is 22.3. The van der Waals surface area contributed by atoms with Crippen molar-refractivity contribution in [2.45, 2.75) is 25.5 Å². The number of non-ortho nitro benzene ring substituents is 2. The topological polar surface area (TPSA) is 130 Å². The number of allylic oxidation sites excluding steroid dienone is 1. The van der Waals surface area contributed by atoms with Crippen molar-refractivity contribution in [3.63, 3.8) is 0 Å². The summed E-state index contributed by atoms with van der Waals surface area (Å²) in [4.78, 5) is 41.6. The molecule has 10 nitrogen and oxygen atoms in total. The van der Waals surface area contributed by atoms with E-state index in [-0.39, 0.29) is 23.5 Å². The third-order valence-corrected chi connectivity index (χ3v) is 9.55. The van der Waals surface area contributed by atoms with Crippen LogP contribution in [0.5, 0.6) is 5.75 Å². The number of aryl methyl sites for hydroxylation is 1. The van der Waals surface area contributed by atoms with E-state index in [0.29, 0.717) is 32.6 Å². The van der Waals surface area contributed by atoms with Crippen molar-refractivity contribution >= 4 is 50.4 Å². The standard InChI is InChI=1S/C34H23BrN4O6S/c35-24-11-15-29(45-19-20-8-12-25(13-9-20)38(41)42)23(16-24)18-30-33(40)37-32(22-5-3-6-26(17-22)39(43)44)28-14-10-21-4-1-2-7-27(21)31(28)36-34(37)46-30/h1-9,11-13,15-18,32H,10,14,19H2/b30-18+/t32-/m0/s1. The van der Waals surface area contributed by atoms with Crippen molar-refractivity contribution in [3.05, 3.63) is 169 Å². The molecule has 1 aliphatic carbocycles. The summed E-state index contributed by atoms with van der Waals surface area (Å²) < 4.78 is 8.98. The van der Waals surface area contributed by atoms with E-state index in [4.69, 9.17) is 9.73 Å². The van der Waals surface area contributed by atoms with Gasteiger partial charge in [0.2, 0.25) is 0 Å². The predicted molar refractivity (Wildman–Crippen MR) is 177 cm³/mol. The van der Waals surface area contributed by atoms with E-state index >= 15 is 0 Å². The highest BCUT2D eigenvalue weighted by atomic mass is 79.9. The zero-order chi connectivity index (χ0) is 31.9. The van der Waals surface area contributed by atoms with Gasteiger partial charge in [0.25, 0.3) is 16.9 Å². The van der Waals surface area contributed by atoms with E-state index in [1.807, 2.05) is 36.4 Å². The van der Waals surface area contributed by atoms with Gasteiger partial charge in [-0.1, -0.05) is 63.7 Å². The molecule has 0 unspecified atom stereocenters. The van der Waals surface area contributed by atoms with Gasteiger partial charge in [-0.2, -0.15) is 0 Å². The van der Waals surface area contributed by atoms with Gasteiger partial charge in [-0.05, 0) is 71.5 Å². The first-order valence-electron chi connectivity index (χ1n) is 14.3. The molecule has 1 aromatic heterocycles. The number of nitro groups is 2. The monoisotopic (exact) mass is 694 g/mol. The van der Waals surface area contributed by atoms with Crippen molar-refractivity contribution in [2.24, 2.45) is 4.99 Å². The minimum absolute atomic E-state index is 0.00275. The summed E-state index contributed by atoms with van der Waals surface area (Å²) in [6, 6.07) is 25.6. The molecule has 2 aliphatic rings. The van der Waals surface area contributed by atoms with Gasteiger partial charge in [0.15, 0.2) is 4.80 Å². The maximum absolute atomic E-state index is 14.2. The fourth-order valence-corrected chi connectivity index (χ4v) is 7.28. The number of hydrogen-bond acceptors (Lipinski definition) is 8. The molecule has 5 aromatic rings. The van der Waals surface area contributed by atoms with Gasteiger partial charge in [0.1, 0.15) is 12.4 Å². The Kier molecular flexibility index (Phi) is 7.67. The average molecular weight is 696 g/mol. The van der Waals surface area contributed by atoms with Gasteiger partial charge < -0.3 is 4.74 Å². The second kappa shape index (κ2) is 12.0. The number of aromatic nitrogens is 1. The summed E-state index contributed by atoms with van der Waals surface area (Å²) in [6.45, 7) is 0.167. The van der Waals surface area contributed by atoms with Crippen LogP contribution in [-0.2, 0) is 13.0 Å². The molecule has 1 aliphatic heterocycles. The molecule has 228 valence electrons. The smallest absolute Gasteiger partial charge is 0.271 e. The van der Waals surface area contributed by atoms with Gasteiger partial charge in [-0.25, -0.2) is 4.99 Å². The summed E-state index contributed by atoms with van der Waals surface area (Å²) in [5.41, 5.74) is 5.69. The molecule has 0 N–H and O–H groups in total. The van der Waals surface area contributed by atoms with Crippen LogP contribution in [0.3, 0.4) is 0 Å². The lowest BCUT2D eigenvalue weighted by Gasteiger charge is -2.30. The lowest BCUT2D eigenvalue weighted by molar-refractivity contribution is -0.385. The number of nitrogens with zero attached hydrogens (tertiary/aromatic N) is 4. The molecule has 0 amide bonds. The van der Waals surface area contributed by atoms with Gasteiger partial charge in [-0.15, -0.1) is 0 Å². The van der Waals surface area contributed by atoms with Crippen LogP contribution in [0.25, 0.3) is 11.8 Å². The van der Waals surface area contributed by atoms with Crippen molar-refractivity contribution in [1.82, 2.24) is 4.57 Å². The third kappa shape index (κ3) is 5.46. The lowest BCUT2D eigenvalue weighted by atomic mass is 9.83. The Morgan fingerprint density at radius 1 is 0.935 bits per heavy atom. The first kappa shape index (κ1) is 29.5. The van der Waals surface area contributed by atoms with Crippen LogP contribution in [0.2, 0.25) is 0 Å². The molecule has 0 radical (unpaired) electrons. The van der Waals surface area contributed by atoms with Crippen LogP contribution in [0, 0.1) is 20.2 Å². The molecule has 1 atom stereocenters. The number of fused-ring (bicyclic) bond motifs is 3. The molecule has 0 bridgehead atoms. The van der Waals surface area contributed by atoms with E-state index in [9.17, 15) is 25.0 Å². The van der Waals surface area contributed by atoms with Gasteiger partial charge in [-0.3, -0.25) is 29.6 Å². The Hall–Kier alpha value is -5.20. The average Bonchev–Trinajstić information content (AvgIpc) is 3.37. The van der Waals surface area contributed by atoms with Crippen molar-refractivity contribution in [3.8, 4) is 5.75 Å². The predicted octanol–water partition coefficient (Wildman–Crippen LogP) is 6.48. The number of hydrogen-bond donors (Lipinski definition) is 0. The fraction of sp³-hybridized carbons (Fsp3) is 0.118.